The molecule has 0 radical (unpaired) electrons. The minimum absolute atomic E-state index is 0.147. The molecule has 82 valence electrons. The zero-order chi connectivity index (χ0) is 12.1. The summed E-state index contributed by atoms with van der Waals surface area (Å²) in [7, 11) is 0. The second-order valence-corrected chi connectivity index (χ2v) is 3.54. The van der Waals surface area contributed by atoms with Crippen LogP contribution in [0.1, 0.15) is 5.56 Å². The van der Waals surface area contributed by atoms with Gasteiger partial charge in [-0.05, 0) is 24.9 Å². The van der Waals surface area contributed by atoms with E-state index in [2.05, 4.69) is 35.9 Å². The molecule has 0 aliphatic carbocycles. The molecule has 5 heteroatoms. The van der Waals surface area contributed by atoms with E-state index in [1.54, 1.807) is 18.2 Å². The Kier molecular flexibility index (Phi) is 4.02. The third kappa shape index (κ3) is 2.80. The lowest BCUT2D eigenvalue weighted by molar-refractivity contribution is 1.37. The summed E-state index contributed by atoms with van der Waals surface area (Å²) in [5, 5.41) is 7.86. The Balaban J connectivity index is 3.05. The highest BCUT2D eigenvalue weighted by molar-refractivity contribution is 7.80. The monoisotopic (exact) mass is 232 g/mol. The number of allylic oxidation sites excluding steroid dienone is 1. The minimum Gasteiger partial charge on any atom is -0.398 e. The van der Waals surface area contributed by atoms with Crippen LogP contribution < -0.4 is 5.73 Å². The normalized spacial score (nSPS) is 10.3. The molecule has 0 bridgehead atoms. The van der Waals surface area contributed by atoms with Crippen molar-refractivity contribution in [2.45, 2.75) is 4.90 Å². The van der Waals surface area contributed by atoms with Gasteiger partial charge in [-0.2, -0.15) is 0 Å². The van der Waals surface area contributed by atoms with Gasteiger partial charge in [0.1, 0.15) is 6.34 Å². The Labute approximate surface area is 99.5 Å². The Morgan fingerprint density at radius 1 is 1.50 bits per heavy atom. The first-order valence-electron chi connectivity index (χ1n) is 4.41. The fraction of sp³-hybridized carbons (Fsp3) is 0. The molecule has 0 saturated heterocycles. The lowest BCUT2D eigenvalue weighted by Gasteiger charge is -2.07. The van der Waals surface area contributed by atoms with Gasteiger partial charge in [-0.15, -0.1) is 12.6 Å². The highest BCUT2D eigenvalue weighted by Crippen LogP contribution is 2.19. The third-order valence-corrected chi connectivity index (χ3v) is 2.17. The number of anilines is 1. The summed E-state index contributed by atoms with van der Waals surface area (Å²) in [5.74, 6) is 0. The second-order valence-electron chi connectivity index (χ2n) is 3.02. The van der Waals surface area contributed by atoms with Crippen LogP contribution in [0.15, 0.2) is 45.4 Å². The number of thiol groups is 1. The molecule has 0 heterocycles. The first-order valence-corrected chi connectivity index (χ1v) is 4.86. The van der Waals surface area contributed by atoms with Crippen LogP contribution in [-0.4, -0.2) is 18.8 Å². The highest BCUT2D eigenvalue weighted by atomic mass is 32.1. The van der Waals surface area contributed by atoms with Crippen molar-refractivity contribution in [2.75, 3.05) is 5.73 Å². The van der Waals surface area contributed by atoms with Crippen LogP contribution in [-0.2, 0) is 0 Å². The van der Waals surface area contributed by atoms with Crippen LogP contribution in [0.4, 0.5) is 5.69 Å². The van der Waals surface area contributed by atoms with E-state index in [0.29, 0.717) is 11.3 Å². The summed E-state index contributed by atoms with van der Waals surface area (Å²) in [6.45, 7) is 6.90. The topological polar surface area (TPSA) is 74.6 Å². The number of nitrogens with zero attached hydrogens (tertiary/aromatic N) is 2. The maximum absolute atomic E-state index is 7.86. The van der Waals surface area contributed by atoms with Crippen LogP contribution in [0.5, 0.6) is 0 Å². The van der Waals surface area contributed by atoms with E-state index in [4.69, 9.17) is 11.1 Å². The van der Waals surface area contributed by atoms with Crippen molar-refractivity contribution in [1.29, 1.82) is 5.41 Å². The number of benzene rings is 1. The quantitative estimate of drug-likeness (QED) is 0.316. The van der Waals surface area contributed by atoms with E-state index in [9.17, 15) is 0 Å². The molecule has 16 heavy (non-hydrogen) atoms. The van der Waals surface area contributed by atoms with E-state index in [1.165, 1.54) is 6.34 Å². The molecule has 0 fully saturated rings. The SMILES string of the molecule is C=NC=NC(=C)C(=N)c1cc(S)ccc1N. The molecule has 0 aromatic heterocycles. The fourth-order valence-corrected chi connectivity index (χ4v) is 1.29. The van der Waals surface area contributed by atoms with Gasteiger partial charge in [0, 0.05) is 16.1 Å². The summed E-state index contributed by atoms with van der Waals surface area (Å²) >= 11 is 4.19. The maximum Gasteiger partial charge on any atom is 0.115 e. The Morgan fingerprint density at radius 3 is 2.81 bits per heavy atom. The van der Waals surface area contributed by atoms with Crippen molar-refractivity contribution in [3.8, 4) is 0 Å². The van der Waals surface area contributed by atoms with Gasteiger partial charge in [-0.25, -0.2) is 4.99 Å². The van der Waals surface area contributed by atoms with Crippen molar-refractivity contribution in [2.24, 2.45) is 9.98 Å². The van der Waals surface area contributed by atoms with Crippen LogP contribution in [0.3, 0.4) is 0 Å². The second kappa shape index (κ2) is 5.27. The van der Waals surface area contributed by atoms with Gasteiger partial charge in [0.05, 0.1) is 11.4 Å². The molecule has 1 rings (SSSR count). The van der Waals surface area contributed by atoms with E-state index in [1.807, 2.05) is 0 Å². The van der Waals surface area contributed by atoms with Crippen LogP contribution in [0.2, 0.25) is 0 Å². The predicted octanol–water partition coefficient (Wildman–Crippen LogP) is 2.17. The summed E-state index contributed by atoms with van der Waals surface area (Å²) in [6.07, 6.45) is 1.23. The van der Waals surface area contributed by atoms with Gasteiger partial charge in [-0.3, -0.25) is 10.4 Å². The van der Waals surface area contributed by atoms with Crippen molar-refractivity contribution in [3.05, 3.63) is 36.0 Å². The van der Waals surface area contributed by atoms with Crippen LogP contribution in [0, 0.1) is 5.41 Å². The molecule has 0 aliphatic heterocycles. The molecule has 0 spiro atoms. The molecular weight excluding hydrogens is 220 g/mol. The molecule has 0 unspecified atom stereocenters. The molecule has 0 aliphatic rings. The first-order chi connectivity index (χ1) is 7.56. The lowest BCUT2D eigenvalue weighted by atomic mass is 10.1. The fourth-order valence-electron chi connectivity index (χ4n) is 1.09. The Morgan fingerprint density at radius 2 is 2.19 bits per heavy atom. The first kappa shape index (κ1) is 12.2. The van der Waals surface area contributed by atoms with Crippen molar-refractivity contribution in [3.63, 3.8) is 0 Å². The molecular formula is C11H12N4S. The van der Waals surface area contributed by atoms with Crippen molar-refractivity contribution >= 4 is 37.1 Å². The van der Waals surface area contributed by atoms with E-state index < -0.39 is 0 Å². The molecule has 4 nitrogen and oxygen atoms in total. The molecule has 0 amide bonds. The standard InChI is InChI=1S/C11H12N4S/c1-7(15-6-14-2)11(13)9-5-8(16)3-4-10(9)12/h3-6,13,16H,1-2,12H2. The molecule has 1 aromatic carbocycles. The number of aliphatic imine (C=N–C) groups is 2. The summed E-state index contributed by atoms with van der Waals surface area (Å²) in [6, 6.07) is 5.14. The molecule has 0 atom stereocenters. The van der Waals surface area contributed by atoms with Gasteiger partial charge in [0.15, 0.2) is 0 Å². The predicted molar refractivity (Wildman–Crippen MR) is 72.1 cm³/mol. The average molecular weight is 232 g/mol. The van der Waals surface area contributed by atoms with Gasteiger partial charge < -0.3 is 5.73 Å². The van der Waals surface area contributed by atoms with Crippen molar-refractivity contribution in [1.82, 2.24) is 0 Å². The van der Waals surface area contributed by atoms with Gasteiger partial charge in [-0.1, -0.05) is 6.58 Å². The van der Waals surface area contributed by atoms with Crippen LogP contribution in [0.25, 0.3) is 0 Å². The van der Waals surface area contributed by atoms with Gasteiger partial charge >= 0.3 is 0 Å². The smallest absolute Gasteiger partial charge is 0.115 e. The number of nitrogens with two attached hydrogens (primary N) is 1. The zero-order valence-corrected chi connectivity index (χ0v) is 9.54. The molecule has 3 N–H and O–H groups in total. The number of rotatable bonds is 4. The lowest BCUT2D eigenvalue weighted by Crippen LogP contribution is -2.05. The number of hydrogen-bond donors (Lipinski definition) is 3. The van der Waals surface area contributed by atoms with Crippen molar-refractivity contribution < 1.29 is 0 Å². The third-order valence-electron chi connectivity index (χ3n) is 1.89. The van der Waals surface area contributed by atoms with E-state index >= 15 is 0 Å². The van der Waals surface area contributed by atoms with E-state index in [0.717, 1.165) is 4.90 Å². The Hall–Kier alpha value is -1.88. The molecule has 1 aromatic rings. The van der Waals surface area contributed by atoms with Crippen LogP contribution >= 0.6 is 12.6 Å². The summed E-state index contributed by atoms with van der Waals surface area (Å²) in [5.41, 5.74) is 7.22. The highest BCUT2D eigenvalue weighted by Gasteiger charge is 2.08. The number of nitrogens with one attached hydrogen (secondary N) is 1. The van der Waals surface area contributed by atoms with Gasteiger partial charge in [0.2, 0.25) is 0 Å². The molecule has 0 saturated carbocycles. The number of hydrogen-bond acceptors (Lipinski definition) is 4. The largest absolute Gasteiger partial charge is 0.398 e. The Bertz CT molecular complexity index is 477. The maximum atomic E-state index is 7.86. The minimum atomic E-state index is 0.147. The number of nitrogen functional groups attached to an aromatic ring is 1. The summed E-state index contributed by atoms with van der Waals surface area (Å²) in [4.78, 5) is 8.01. The van der Waals surface area contributed by atoms with Gasteiger partial charge in [0.25, 0.3) is 0 Å². The zero-order valence-electron chi connectivity index (χ0n) is 8.64. The van der Waals surface area contributed by atoms with E-state index in [-0.39, 0.29) is 11.4 Å². The average Bonchev–Trinajstić information content (AvgIpc) is 2.28. The summed E-state index contributed by atoms with van der Waals surface area (Å²) < 4.78 is 0.